The predicted molar refractivity (Wildman–Crippen MR) is 121 cm³/mol. The number of ether oxygens (including phenoxy) is 1. The van der Waals surface area contributed by atoms with Crippen LogP contribution in [-0.2, 0) is 4.74 Å². The van der Waals surface area contributed by atoms with Crippen LogP contribution in [0.1, 0.15) is 10.4 Å². The lowest BCUT2D eigenvalue weighted by molar-refractivity contribution is 0.0963. The second kappa shape index (κ2) is 8.60. The zero-order valence-corrected chi connectivity index (χ0v) is 17.5. The van der Waals surface area contributed by atoms with Crippen molar-refractivity contribution in [2.45, 2.75) is 0 Å². The van der Waals surface area contributed by atoms with Gasteiger partial charge in [-0.2, -0.15) is 4.98 Å². The molecule has 0 aliphatic carbocycles. The van der Waals surface area contributed by atoms with E-state index in [-0.39, 0.29) is 5.91 Å². The Balaban J connectivity index is 1.31. The third kappa shape index (κ3) is 4.08. The molecule has 1 aliphatic heterocycles. The second-order valence-corrected chi connectivity index (χ2v) is 7.31. The van der Waals surface area contributed by atoms with Crippen LogP contribution in [0.2, 0.25) is 0 Å². The van der Waals surface area contributed by atoms with Gasteiger partial charge in [0, 0.05) is 43.0 Å². The van der Waals surface area contributed by atoms with Crippen molar-refractivity contribution >= 4 is 34.4 Å². The van der Waals surface area contributed by atoms with Crippen molar-refractivity contribution in [2.75, 3.05) is 43.6 Å². The van der Waals surface area contributed by atoms with Crippen molar-refractivity contribution in [3.8, 4) is 5.69 Å². The van der Waals surface area contributed by atoms with Gasteiger partial charge in [-0.25, -0.2) is 14.6 Å². The van der Waals surface area contributed by atoms with Crippen LogP contribution >= 0.6 is 0 Å². The summed E-state index contributed by atoms with van der Waals surface area (Å²) in [4.78, 5) is 27.3. The first-order chi connectivity index (χ1) is 15.7. The lowest BCUT2D eigenvalue weighted by Gasteiger charge is -2.25. The van der Waals surface area contributed by atoms with Gasteiger partial charge in [-0.15, -0.1) is 5.10 Å². The van der Waals surface area contributed by atoms with Crippen LogP contribution < -0.4 is 15.5 Å². The minimum Gasteiger partial charge on any atom is -0.378 e. The maximum atomic E-state index is 11.9. The molecule has 2 aromatic heterocycles. The quantitative estimate of drug-likeness (QED) is 0.496. The first-order valence-corrected chi connectivity index (χ1v) is 10.3. The molecule has 1 saturated heterocycles. The van der Waals surface area contributed by atoms with Gasteiger partial charge in [0.1, 0.15) is 6.33 Å². The molecular formula is C22H22N8O2. The molecule has 2 aromatic carbocycles. The third-order valence-corrected chi connectivity index (χ3v) is 5.23. The van der Waals surface area contributed by atoms with E-state index in [9.17, 15) is 4.79 Å². The van der Waals surface area contributed by atoms with Gasteiger partial charge in [0.05, 0.1) is 24.4 Å². The highest BCUT2D eigenvalue weighted by molar-refractivity contribution is 5.97. The summed E-state index contributed by atoms with van der Waals surface area (Å²) < 4.78 is 7.13. The van der Waals surface area contributed by atoms with Crippen molar-refractivity contribution in [3.05, 3.63) is 60.6 Å². The Morgan fingerprint density at radius 3 is 2.66 bits per heavy atom. The number of rotatable bonds is 5. The monoisotopic (exact) mass is 430 g/mol. The molecule has 1 fully saturated rings. The van der Waals surface area contributed by atoms with Crippen molar-refractivity contribution in [1.82, 2.24) is 30.0 Å². The Morgan fingerprint density at radius 1 is 1.06 bits per heavy atom. The lowest BCUT2D eigenvalue weighted by atomic mass is 10.1. The molecule has 3 heterocycles. The van der Waals surface area contributed by atoms with Crippen molar-refractivity contribution in [3.63, 3.8) is 0 Å². The number of hydrogen-bond acceptors (Lipinski definition) is 8. The van der Waals surface area contributed by atoms with E-state index in [1.54, 1.807) is 36.4 Å². The topological polar surface area (TPSA) is 110 Å². The number of benzene rings is 2. The van der Waals surface area contributed by atoms with Crippen LogP contribution in [0.5, 0.6) is 0 Å². The Morgan fingerprint density at radius 2 is 1.88 bits per heavy atom. The zero-order valence-electron chi connectivity index (χ0n) is 17.5. The molecule has 0 spiro atoms. The van der Waals surface area contributed by atoms with E-state index < -0.39 is 0 Å². The summed E-state index contributed by atoms with van der Waals surface area (Å²) in [5.74, 6) is 1.01. The zero-order chi connectivity index (χ0) is 21.9. The fourth-order valence-corrected chi connectivity index (χ4v) is 3.48. The molecule has 10 nitrogen and oxygen atoms in total. The maximum absolute atomic E-state index is 11.9. The molecular weight excluding hydrogens is 408 g/mol. The fraction of sp³-hybridized carbons (Fsp3) is 0.227. The summed E-state index contributed by atoms with van der Waals surface area (Å²) in [6, 6.07) is 13.1. The summed E-state index contributed by atoms with van der Waals surface area (Å²) in [6.45, 7) is 2.98. The van der Waals surface area contributed by atoms with E-state index >= 15 is 0 Å². The number of amides is 1. The van der Waals surface area contributed by atoms with Crippen molar-refractivity contribution in [2.24, 2.45) is 0 Å². The number of nitrogens with zero attached hydrogens (tertiary/aromatic N) is 6. The summed E-state index contributed by atoms with van der Waals surface area (Å²) in [5.41, 5.74) is 2.98. The number of morpholine rings is 1. The van der Waals surface area contributed by atoms with Crippen molar-refractivity contribution in [1.29, 1.82) is 0 Å². The highest BCUT2D eigenvalue weighted by Gasteiger charge is 2.15. The minimum absolute atomic E-state index is 0.152. The molecule has 0 saturated carbocycles. The molecule has 0 atom stereocenters. The minimum atomic E-state index is -0.152. The first-order valence-electron chi connectivity index (χ1n) is 10.3. The average molecular weight is 430 g/mol. The molecule has 1 amide bonds. The van der Waals surface area contributed by atoms with E-state index in [1.807, 2.05) is 30.3 Å². The Labute approximate surface area is 184 Å². The number of hydrogen-bond donors (Lipinski definition) is 2. The summed E-state index contributed by atoms with van der Waals surface area (Å²) >= 11 is 0. The van der Waals surface area contributed by atoms with Crippen LogP contribution in [0.3, 0.4) is 0 Å². The number of fused-ring (bicyclic) bond motifs is 1. The highest BCUT2D eigenvalue weighted by atomic mass is 16.5. The van der Waals surface area contributed by atoms with E-state index in [0.717, 1.165) is 29.9 Å². The smallest absolute Gasteiger partial charge is 0.251 e. The number of anilines is 3. The van der Waals surface area contributed by atoms with Gasteiger partial charge >= 0.3 is 0 Å². The largest absolute Gasteiger partial charge is 0.378 e. The fourth-order valence-electron chi connectivity index (χ4n) is 3.48. The summed E-state index contributed by atoms with van der Waals surface area (Å²) in [6.07, 6.45) is 3.44. The molecule has 0 radical (unpaired) electrons. The van der Waals surface area contributed by atoms with Gasteiger partial charge < -0.3 is 20.3 Å². The lowest BCUT2D eigenvalue weighted by Crippen LogP contribution is -2.37. The average Bonchev–Trinajstić information content (AvgIpc) is 3.34. The molecule has 162 valence electrons. The van der Waals surface area contributed by atoms with Crippen LogP contribution in [-0.4, -0.2) is 64.0 Å². The number of nitrogens with one attached hydrogen (secondary N) is 2. The molecule has 5 rings (SSSR count). The number of carbonyl (C=O) groups is 1. The Hall–Kier alpha value is -4.05. The van der Waals surface area contributed by atoms with Gasteiger partial charge in [0.25, 0.3) is 5.91 Å². The molecule has 10 heteroatoms. The molecule has 32 heavy (non-hydrogen) atoms. The van der Waals surface area contributed by atoms with Gasteiger partial charge in [0.2, 0.25) is 11.9 Å². The van der Waals surface area contributed by atoms with Gasteiger partial charge in [-0.05, 0) is 36.4 Å². The number of aromatic nitrogens is 5. The maximum Gasteiger partial charge on any atom is 0.251 e. The predicted octanol–water partition coefficient (Wildman–Crippen LogP) is 2.15. The third-order valence-electron chi connectivity index (χ3n) is 5.23. The molecule has 0 unspecified atom stereocenters. The highest BCUT2D eigenvalue weighted by Crippen LogP contribution is 2.20. The standard InChI is InChI=1S/C22H22N8O2/c1-23-20(31)15-2-3-16-13-24-21(27-19(16)12-15)26-17-4-6-18(7-5-17)30-14-25-22(28-30)29-8-10-32-11-9-29/h2-7,12-14H,8-11H2,1H3,(H,23,31)(H,24,26,27). The van der Waals surface area contributed by atoms with Crippen LogP contribution in [0.15, 0.2) is 55.0 Å². The molecule has 2 N–H and O–H groups in total. The van der Waals surface area contributed by atoms with E-state index in [2.05, 4.69) is 35.6 Å². The van der Waals surface area contributed by atoms with Gasteiger partial charge in [0.15, 0.2) is 0 Å². The van der Waals surface area contributed by atoms with E-state index in [1.165, 1.54) is 0 Å². The molecule has 4 aromatic rings. The number of carbonyl (C=O) groups excluding carboxylic acids is 1. The molecule has 1 aliphatic rings. The normalized spacial score (nSPS) is 13.8. The van der Waals surface area contributed by atoms with Crippen molar-refractivity contribution < 1.29 is 9.53 Å². The van der Waals surface area contributed by atoms with Crippen LogP contribution in [0.25, 0.3) is 16.6 Å². The Bertz CT molecular complexity index is 1250. The molecule has 0 bridgehead atoms. The van der Waals surface area contributed by atoms with Gasteiger partial charge in [-0.1, -0.05) is 6.07 Å². The summed E-state index contributed by atoms with van der Waals surface area (Å²) in [7, 11) is 1.60. The first kappa shape index (κ1) is 19.9. The summed E-state index contributed by atoms with van der Waals surface area (Å²) in [5, 5.41) is 11.3. The SMILES string of the molecule is CNC(=O)c1ccc2cnc(Nc3ccc(-n4cnc(N5CCOCC5)n4)cc3)nc2c1. The Kier molecular flexibility index (Phi) is 5.34. The van der Waals surface area contributed by atoms with Crippen LogP contribution in [0, 0.1) is 0 Å². The van der Waals surface area contributed by atoms with E-state index in [0.29, 0.717) is 36.2 Å². The van der Waals surface area contributed by atoms with E-state index in [4.69, 9.17) is 4.74 Å². The van der Waals surface area contributed by atoms with Crippen LogP contribution in [0.4, 0.5) is 17.6 Å². The van der Waals surface area contributed by atoms with Gasteiger partial charge in [-0.3, -0.25) is 4.79 Å². The second-order valence-electron chi connectivity index (χ2n) is 7.31.